The minimum Gasteiger partial charge on any atom is -0.362 e. The fourth-order valence-electron chi connectivity index (χ4n) is 4.39. The highest BCUT2D eigenvalue weighted by atomic mass is 79.9. The number of ketones is 1. The van der Waals surface area contributed by atoms with Crippen molar-refractivity contribution in [2.24, 2.45) is 5.41 Å². The summed E-state index contributed by atoms with van der Waals surface area (Å²) in [5, 5.41) is 6.80. The third-order valence-electron chi connectivity index (χ3n) is 5.64. The lowest BCUT2D eigenvalue weighted by Gasteiger charge is -2.39. The predicted molar refractivity (Wildman–Crippen MR) is 126 cm³/mol. The molecular weight excluding hydrogens is 478 g/mol. The van der Waals surface area contributed by atoms with Gasteiger partial charge in [-0.1, -0.05) is 37.6 Å². The van der Waals surface area contributed by atoms with Crippen molar-refractivity contribution < 1.29 is 9.59 Å². The van der Waals surface area contributed by atoms with E-state index in [1.165, 1.54) is 0 Å². The van der Waals surface area contributed by atoms with Gasteiger partial charge in [0.1, 0.15) is 5.82 Å². The number of benzene rings is 1. The van der Waals surface area contributed by atoms with E-state index in [2.05, 4.69) is 45.4 Å². The van der Waals surface area contributed by atoms with Crippen LogP contribution in [0.15, 0.2) is 69.6 Å². The Morgan fingerprint density at radius 2 is 2.03 bits per heavy atom. The highest BCUT2D eigenvalue weighted by molar-refractivity contribution is 9.10. The number of pyridine rings is 1. The second-order valence-corrected chi connectivity index (χ2v) is 10.2. The van der Waals surface area contributed by atoms with E-state index in [1.54, 1.807) is 18.3 Å². The van der Waals surface area contributed by atoms with Crippen molar-refractivity contribution >= 4 is 45.0 Å². The van der Waals surface area contributed by atoms with E-state index in [0.717, 1.165) is 27.9 Å². The summed E-state index contributed by atoms with van der Waals surface area (Å²) in [4.78, 5) is 30.9. The van der Waals surface area contributed by atoms with E-state index in [1.807, 2.05) is 31.2 Å². The Hall–Kier alpha value is -2.44. The second kappa shape index (κ2) is 8.24. The molecule has 0 unspecified atom stereocenters. The quantitative estimate of drug-likeness (QED) is 0.564. The molecule has 0 saturated heterocycles. The molecule has 1 aromatic carbocycles. The molecule has 0 bridgehead atoms. The molecule has 160 valence electrons. The summed E-state index contributed by atoms with van der Waals surface area (Å²) in [5.74, 6) is -0.291. The fraction of sp³-hybridized carbons (Fsp3) is 0.292. The van der Waals surface area contributed by atoms with Crippen LogP contribution in [-0.4, -0.2) is 16.7 Å². The van der Waals surface area contributed by atoms with Crippen molar-refractivity contribution in [1.82, 2.24) is 10.3 Å². The molecule has 7 heteroatoms. The van der Waals surface area contributed by atoms with Gasteiger partial charge in [-0.25, -0.2) is 4.98 Å². The Bertz CT molecular complexity index is 1140. The number of dihydropyridines is 1. The van der Waals surface area contributed by atoms with Crippen molar-refractivity contribution in [3.63, 3.8) is 0 Å². The third-order valence-corrected chi connectivity index (χ3v) is 6.34. The summed E-state index contributed by atoms with van der Waals surface area (Å²) < 4.78 is 0.822. The van der Waals surface area contributed by atoms with Crippen molar-refractivity contribution in [2.45, 2.75) is 39.5 Å². The molecule has 0 spiro atoms. The fourth-order valence-corrected chi connectivity index (χ4v) is 4.82. The summed E-state index contributed by atoms with van der Waals surface area (Å²) in [6.45, 7) is 6.05. The van der Waals surface area contributed by atoms with Crippen molar-refractivity contribution in [3.8, 4) is 0 Å². The van der Waals surface area contributed by atoms with Gasteiger partial charge in [0.25, 0.3) is 5.91 Å². The molecule has 2 heterocycles. The summed E-state index contributed by atoms with van der Waals surface area (Å²) in [7, 11) is 0. The molecule has 0 radical (unpaired) electrons. The Kier molecular flexibility index (Phi) is 5.79. The van der Waals surface area contributed by atoms with Crippen LogP contribution < -0.4 is 10.6 Å². The monoisotopic (exact) mass is 499 g/mol. The molecule has 1 aliphatic heterocycles. The van der Waals surface area contributed by atoms with E-state index < -0.39 is 5.92 Å². The number of anilines is 1. The minimum atomic E-state index is -0.492. The van der Waals surface area contributed by atoms with Gasteiger partial charge in [-0.3, -0.25) is 9.59 Å². The van der Waals surface area contributed by atoms with E-state index in [9.17, 15) is 9.59 Å². The number of carbonyl (C=O) groups is 2. The molecule has 1 atom stereocenters. The lowest BCUT2D eigenvalue weighted by atomic mass is 9.68. The van der Waals surface area contributed by atoms with Crippen LogP contribution in [0, 0.1) is 5.41 Å². The maximum Gasteiger partial charge on any atom is 0.255 e. The van der Waals surface area contributed by atoms with Gasteiger partial charge in [0.2, 0.25) is 0 Å². The van der Waals surface area contributed by atoms with E-state index in [-0.39, 0.29) is 17.1 Å². The standard InChI is InChI=1S/C24H23BrClN3O2/c1-13-20(23(31)29-19-8-7-15(25)12-27-19)21(14-5-4-6-16(26)9-14)22-17(28-13)10-24(2,3)11-18(22)30/h4-9,12,21,28H,10-11H2,1-3H3,(H,27,29,31)/t21-/m0/s1. The minimum absolute atomic E-state index is 0.0586. The number of Topliss-reactive ketones (excluding diaryl/α,β-unsaturated/α-hetero) is 1. The average molecular weight is 501 g/mol. The summed E-state index contributed by atoms with van der Waals surface area (Å²) in [6.07, 6.45) is 2.80. The number of hydrogen-bond acceptors (Lipinski definition) is 4. The number of allylic oxidation sites excluding steroid dienone is 3. The van der Waals surface area contributed by atoms with Crippen LogP contribution >= 0.6 is 27.5 Å². The average Bonchev–Trinajstić information content (AvgIpc) is 2.67. The molecular formula is C24H23BrClN3O2. The lowest BCUT2D eigenvalue weighted by molar-refractivity contribution is -0.118. The molecule has 2 aromatic rings. The zero-order valence-corrected chi connectivity index (χ0v) is 19.9. The second-order valence-electron chi connectivity index (χ2n) is 8.80. The van der Waals surface area contributed by atoms with Gasteiger partial charge >= 0.3 is 0 Å². The normalized spacial score (nSPS) is 20.3. The van der Waals surface area contributed by atoms with E-state index in [0.29, 0.717) is 28.4 Å². The van der Waals surface area contributed by atoms with Gasteiger partial charge in [-0.2, -0.15) is 0 Å². The highest BCUT2D eigenvalue weighted by Gasteiger charge is 2.42. The van der Waals surface area contributed by atoms with Crippen molar-refractivity contribution in [3.05, 3.63) is 80.2 Å². The van der Waals surface area contributed by atoms with Crippen LogP contribution in [0.25, 0.3) is 0 Å². The topological polar surface area (TPSA) is 71.1 Å². The number of rotatable bonds is 3. The zero-order valence-electron chi connectivity index (χ0n) is 17.6. The Morgan fingerprint density at radius 1 is 1.26 bits per heavy atom. The largest absolute Gasteiger partial charge is 0.362 e. The van der Waals surface area contributed by atoms with Gasteiger partial charge in [0.05, 0.1) is 0 Å². The molecule has 2 N–H and O–H groups in total. The molecule has 4 rings (SSSR count). The number of aromatic nitrogens is 1. The first-order chi connectivity index (χ1) is 14.6. The maximum atomic E-state index is 13.4. The van der Waals surface area contributed by atoms with Gasteiger partial charge < -0.3 is 10.6 Å². The highest BCUT2D eigenvalue weighted by Crippen LogP contribution is 2.47. The van der Waals surface area contributed by atoms with Crippen molar-refractivity contribution in [1.29, 1.82) is 0 Å². The van der Waals surface area contributed by atoms with Gasteiger partial charge in [-0.15, -0.1) is 0 Å². The van der Waals surface area contributed by atoms with Crippen LogP contribution in [0.3, 0.4) is 0 Å². The number of amides is 1. The smallest absolute Gasteiger partial charge is 0.255 e. The van der Waals surface area contributed by atoms with Crippen molar-refractivity contribution in [2.75, 3.05) is 5.32 Å². The molecule has 31 heavy (non-hydrogen) atoms. The Balaban J connectivity index is 1.80. The lowest BCUT2D eigenvalue weighted by Crippen LogP contribution is -2.39. The summed E-state index contributed by atoms with van der Waals surface area (Å²) in [6, 6.07) is 10.9. The molecule has 2 aliphatic rings. The first kappa shape index (κ1) is 21.8. The molecule has 1 amide bonds. The molecule has 5 nitrogen and oxygen atoms in total. The summed E-state index contributed by atoms with van der Waals surface area (Å²) in [5.41, 5.74) is 3.46. The molecule has 0 saturated carbocycles. The van der Waals surface area contributed by atoms with Crippen LogP contribution in [0.4, 0.5) is 5.82 Å². The van der Waals surface area contributed by atoms with E-state index >= 15 is 0 Å². The SMILES string of the molecule is CC1=C(C(=O)Nc2ccc(Br)cn2)[C@H](c2cccc(Cl)c2)C2=C(CC(C)(C)CC2=O)N1. The number of nitrogens with zero attached hydrogens (tertiary/aromatic N) is 1. The zero-order chi connectivity index (χ0) is 22.3. The maximum absolute atomic E-state index is 13.4. The van der Waals surface area contributed by atoms with Gasteiger partial charge in [-0.05, 0) is 64.5 Å². The first-order valence-corrected chi connectivity index (χ1v) is 11.2. The van der Waals surface area contributed by atoms with Gasteiger partial charge in [0.15, 0.2) is 5.78 Å². The summed E-state index contributed by atoms with van der Waals surface area (Å²) >= 11 is 9.63. The number of hydrogen-bond donors (Lipinski definition) is 2. The van der Waals surface area contributed by atoms with Gasteiger partial charge in [0, 0.05) is 50.6 Å². The molecule has 1 aliphatic carbocycles. The first-order valence-electron chi connectivity index (χ1n) is 10.1. The number of carbonyl (C=O) groups excluding carboxylic acids is 2. The predicted octanol–water partition coefficient (Wildman–Crippen LogP) is 5.74. The van der Waals surface area contributed by atoms with Crippen LogP contribution in [0.5, 0.6) is 0 Å². The van der Waals surface area contributed by atoms with E-state index in [4.69, 9.17) is 11.6 Å². The third kappa shape index (κ3) is 4.46. The molecule has 1 aromatic heterocycles. The van der Waals surface area contributed by atoms with Crippen LogP contribution in [-0.2, 0) is 9.59 Å². The Morgan fingerprint density at radius 3 is 2.71 bits per heavy atom. The number of halogens is 2. The Labute approximate surface area is 195 Å². The molecule has 0 fully saturated rings. The van der Waals surface area contributed by atoms with Crippen LogP contribution in [0.2, 0.25) is 5.02 Å². The van der Waals surface area contributed by atoms with Crippen LogP contribution in [0.1, 0.15) is 45.1 Å². The number of nitrogens with one attached hydrogen (secondary N) is 2.